The highest BCUT2D eigenvalue weighted by Crippen LogP contribution is 2.11. The molecule has 2 rings (SSSR count). The summed E-state index contributed by atoms with van der Waals surface area (Å²) in [7, 11) is 0. The van der Waals surface area contributed by atoms with Crippen LogP contribution >= 0.6 is 0 Å². The molecule has 21 heavy (non-hydrogen) atoms. The van der Waals surface area contributed by atoms with Gasteiger partial charge in [0.1, 0.15) is 6.61 Å². The van der Waals surface area contributed by atoms with Crippen molar-refractivity contribution in [3.8, 4) is 0 Å². The minimum atomic E-state index is -0.315. The van der Waals surface area contributed by atoms with Crippen LogP contribution in [0.5, 0.6) is 0 Å². The molecule has 4 nitrogen and oxygen atoms in total. The van der Waals surface area contributed by atoms with Crippen LogP contribution in [0.4, 0.5) is 5.69 Å². The second-order valence-corrected chi connectivity index (χ2v) is 4.54. The first-order valence-corrected chi connectivity index (χ1v) is 6.52. The van der Waals surface area contributed by atoms with Gasteiger partial charge in [0.15, 0.2) is 0 Å². The standard InChI is InChI=1S/C17H15NO3/c1-13(19)21-12-15-7-9-16(10-8-15)18-17(20)11-14-5-3-2-4-6-14/h3,5-10H,11-12H2,1H3,(H,18,20). The van der Waals surface area contributed by atoms with E-state index in [0.717, 1.165) is 11.1 Å². The van der Waals surface area contributed by atoms with E-state index in [1.165, 1.54) is 6.92 Å². The normalized spacial score (nSPS) is 9.57. The Morgan fingerprint density at radius 3 is 2.48 bits per heavy atom. The molecule has 0 aliphatic rings. The van der Waals surface area contributed by atoms with Crippen LogP contribution in [0.25, 0.3) is 0 Å². The van der Waals surface area contributed by atoms with Crippen LogP contribution < -0.4 is 5.32 Å². The summed E-state index contributed by atoms with van der Waals surface area (Å²) in [5, 5.41) is 2.81. The molecule has 0 spiro atoms. The molecule has 0 heterocycles. The number of nitrogens with one attached hydrogen (secondary N) is 1. The molecule has 2 aromatic rings. The Kier molecular flexibility index (Phi) is 4.94. The first kappa shape index (κ1) is 14.6. The third-order valence-electron chi connectivity index (χ3n) is 2.77. The third kappa shape index (κ3) is 5.00. The molecule has 0 aliphatic carbocycles. The molecule has 0 aliphatic heterocycles. The van der Waals surface area contributed by atoms with Gasteiger partial charge in [-0.15, -0.1) is 0 Å². The number of ether oxygens (including phenoxy) is 1. The number of carbonyl (C=O) groups excluding carboxylic acids is 2. The first-order valence-electron chi connectivity index (χ1n) is 6.52. The van der Waals surface area contributed by atoms with Crippen LogP contribution in [0.3, 0.4) is 0 Å². The number of benzene rings is 1. The van der Waals surface area contributed by atoms with E-state index in [-0.39, 0.29) is 18.5 Å². The molecule has 0 saturated carbocycles. The second-order valence-electron chi connectivity index (χ2n) is 4.54. The number of amides is 1. The number of carbonyl (C=O) groups is 2. The lowest BCUT2D eigenvalue weighted by Crippen LogP contribution is -2.14. The Morgan fingerprint density at radius 1 is 1.10 bits per heavy atom. The summed E-state index contributed by atoms with van der Waals surface area (Å²) in [6.45, 7) is 1.60. The molecule has 2 aromatic carbocycles. The van der Waals surface area contributed by atoms with Gasteiger partial charge in [-0.3, -0.25) is 9.59 Å². The Balaban J connectivity index is 1.88. The average molecular weight is 281 g/mol. The number of hydrogen-bond donors (Lipinski definition) is 1. The van der Waals surface area contributed by atoms with Crippen LogP contribution in [0.15, 0.2) is 42.5 Å². The summed E-state index contributed by atoms with van der Waals surface area (Å²) in [6.07, 6.45) is 0.292. The van der Waals surface area contributed by atoms with Gasteiger partial charge in [-0.1, -0.05) is 24.3 Å². The van der Waals surface area contributed by atoms with Crippen molar-refractivity contribution in [3.63, 3.8) is 0 Å². The zero-order valence-electron chi connectivity index (χ0n) is 11.7. The minimum Gasteiger partial charge on any atom is -0.461 e. The highest BCUT2D eigenvalue weighted by atomic mass is 16.5. The van der Waals surface area contributed by atoms with Crippen molar-refractivity contribution >= 4 is 17.6 Å². The van der Waals surface area contributed by atoms with Crippen LogP contribution in [-0.4, -0.2) is 11.9 Å². The molecule has 0 radical (unpaired) electrons. The Labute approximate surface area is 123 Å². The van der Waals surface area contributed by atoms with Gasteiger partial charge >= 0.3 is 5.97 Å². The average Bonchev–Trinajstić information content (AvgIpc) is 2.47. The van der Waals surface area contributed by atoms with Crippen molar-refractivity contribution in [2.24, 2.45) is 0 Å². The van der Waals surface area contributed by atoms with Gasteiger partial charge in [0, 0.05) is 12.6 Å². The summed E-state index contributed by atoms with van der Waals surface area (Å²) in [5.41, 5.74) is 2.46. The van der Waals surface area contributed by atoms with Gasteiger partial charge in [0.05, 0.1) is 6.42 Å². The quantitative estimate of drug-likeness (QED) is 0.857. The Hall–Kier alpha value is -2.80. The fourth-order valence-corrected chi connectivity index (χ4v) is 1.75. The highest BCUT2D eigenvalue weighted by molar-refractivity contribution is 5.92. The van der Waals surface area contributed by atoms with E-state index in [4.69, 9.17) is 4.74 Å². The zero-order valence-corrected chi connectivity index (χ0v) is 11.7. The maximum absolute atomic E-state index is 11.9. The summed E-state index contributed by atoms with van der Waals surface area (Å²) in [6, 6.07) is 18.1. The van der Waals surface area contributed by atoms with Gasteiger partial charge in [-0.25, -0.2) is 0 Å². The lowest BCUT2D eigenvalue weighted by Gasteiger charge is -2.06. The second kappa shape index (κ2) is 7.11. The van der Waals surface area contributed by atoms with Crippen molar-refractivity contribution in [1.82, 2.24) is 0 Å². The van der Waals surface area contributed by atoms with E-state index in [9.17, 15) is 9.59 Å². The zero-order chi connectivity index (χ0) is 15.1. The number of hydrogen-bond acceptors (Lipinski definition) is 3. The molecule has 0 atom stereocenters. The molecule has 0 saturated heterocycles. The lowest BCUT2D eigenvalue weighted by molar-refractivity contribution is -0.142. The summed E-state index contributed by atoms with van der Waals surface area (Å²) in [5.74, 6) is -0.411. The van der Waals surface area contributed by atoms with Crippen molar-refractivity contribution in [2.45, 2.75) is 20.0 Å². The molecule has 1 N–H and O–H groups in total. The predicted molar refractivity (Wildman–Crippen MR) is 78.4 cm³/mol. The molecule has 1 amide bonds. The topological polar surface area (TPSA) is 55.4 Å². The number of rotatable bonds is 5. The van der Waals surface area contributed by atoms with E-state index >= 15 is 0 Å². The van der Waals surface area contributed by atoms with Crippen molar-refractivity contribution < 1.29 is 14.3 Å². The van der Waals surface area contributed by atoms with E-state index in [1.807, 2.05) is 18.2 Å². The fourth-order valence-electron chi connectivity index (χ4n) is 1.75. The van der Waals surface area contributed by atoms with Gasteiger partial charge in [-0.2, -0.15) is 0 Å². The van der Waals surface area contributed by atoms with Crippen molar-refractivity contribution in [2.75, 3.05) is 5.32 Å². The van der Waals surface area contributed by atoms with Crippen LogP contribution in [-0.2, 0) is 27.4 Å². The largest absolute Gasteiger partial charge is 0.461 e. The molecule has 0 unspecified atom stereocenters. The molecule has 4 heteroatoms. The minimum absolute atomic E-state index is 0.0951. The summed E-state index contributed by atoms with van der Waals surface area (Å²) in [4.78, 5) is 22.6. The highest BCUT2D eigenvalue weighted by Gasteiger charge is 2.04. The van der Waals surface area contributed by atoms with Crippen molar-refractivity contribution in [1.29, 1.82) is 0 Å². The smallest absolute Gasteiger partial charge is 0.302 e. The van der Waals surface area contributed by atoms with E-state index in [1.54, 1.807) is 24.3 Å². The van der Waals surface area contributed by atoms with Gasteiger partial charge in [-0.05, 0) is 41.5 Å². The Morgan fingerprint density at radius 2 is 1.86 bits per heavy atom. The molecule has 0 bridgehead atoms. The van der Waals surface area contributed by atoms with Crippen molar-refractivity contribution in [3.05, 3.63) is 65.7 Å². The number of esters is 1. The van der Waals surface area contributed by atoms with E-state index < -0.39 is 0 Å². The lowest BCUT2D eigenvalue weighted by atomic mass is 10.1. The molecule has 0 aromatic heterocycles. The van der Waals surface area contributed by atoms with Gasteiger partial charge in [0.25, 0.3) is 0 Å². The van der Waals surface area contributed by atoms with E-state index in [2.05, 4.69) is 17.4 Å². The maximum atomic E-state index is 11.9. The van der Waals surface area contributed by atoms with Gasteiger partial charge in [0.2, 0.25) is 5.91 Å². The molecule has 0 fully saturated rings. The van der Waals surface area contributed by atoms with Gasteiger partial charge < -0.3 is 10.1 Å². The SMILES string of the molecule is CC(=O)OCc1ccc(NC(=O)Cc2cc#ccc2)cc1. The van der Waals surface area contributed by atoms with Crippen LogP contribution in [0.1, 0.15) is 18.1 Å². The Bertz CT molecular complexity index is 606. The molecule has 106 valence electrons. The fraction of sp³-hybridized carbons (Fsp3) is 0.176. The maximum Gasteiger partial charge on any atom is 0.302 e. The summed E-state index contributed by atoms with van der Waals surface area (Å²) >= 11 is 0. The monoisotopic (exact) mass is 281 g/mol. The summed E-state index contributed by atoms with van der Waals surface area (Å²) < 4.78 is 4.90. The van der Waals surface area contributed by atoms with Crippen LogP contribution in [0.2, 0.25) is 0 Å². The first-order chi connectivity index (χ1) is 10.1. The molecular formula is C17H15NO3. The third-order valence-corrected chi connectivity index (χ3v) is 2.77. The predicted octanol–water partition coefficient (Wildman–Crippen LogP) is 2.53. The number of anilines is 1. The molecular weight excluding hydrogens is 266 g/mol. The van der Waals surface area contributed by atoms with Crippen LogP contribution in [0, 0.1) is 12.1 Å². The van der Waals surface area contributed by atoms with E-state index in [0.29, 0.717) is 12.1 Å².